The molecule has 0 aliphatic rings. The summed E-state index contributed by atoms with van der Waals surface area (Å²) in [5.74, 6) is 0.392. The summed E-state index contributed by atoms with van der Waals surface area (Å²) in [6.07, 6.45) is 2.75. The smallest absolute Gasteiger partial charge is 0.307 e. The molecule has 0 spiro atoms. The number of thiazole rings is 1. The molecule has 10 heteroatoms. The Morgan fingerprint density at radius 3 is 2.70 bits per heavy atom. The lowest BCUT2D eigenvalue weighted by Crippen LogP contribution is -2.21. The van der Waals surface area contributed by atoms with Crippen molar-refractivity contribution in [2.45, 2.75) is 13.5 Å². The molecule has 1 aromatic carbocycles. The van der Waals surface area contributed by atoms with E-state index in [-0.39, 0.29) is 11.4 Å². The predicted molar refractivity (Wildman–Crippen MR) is 107 cm³/mol. The third-order valence-electron chi connectivity index (χ3n) is 3.90. The average Bonchev–Trinajstić information content (AvgIpc) is 2.87. The summed E-state index contributed by atoms with van der Waals surface area (Å²) in [5, 5.41) is 3.11. The molecular formula is C17H19N5O3S2. The Hall–Kier alpha value is -2.56. The molecule has 0 radical (unpaired) electrons. The van der Waals surface area contributed by atoms with Crippen molar-refractivity contribution in [3.8, 4) is 10.6 Å². The number of hydrogen-bond acceptors (Lipinski definition) is 7. The molecule has 2 heterocycles. The summed E-state index contributed by atoms with van der Waals surface area (Å²) in [6, 6.07) is 9.06. The maximum Gasteiger partial charge on any atom is 0.307 e. The van der Waals surface area contributed by atoms with Crippen LogP contribution in [0.3, 0.4) is 0 Å². The number of anilines is 2. The lowest BCUT2D eigenvalue weighted by Gasteiger charge is -2.08. The number of benzene rings is 1. The molecule has 8 nitrogen and oxygen atoms in total. The summed E-state index contributed by atoms with van der Waals surface area (Å²) < 4.78 is 26.5. The molecule has 0 aliphatic heterocycles. The Balaban J connectivity index is 1.82. The first-order valence-corrected chi connectivity index (χ1v) is 10.7. The maximum absolute atomic E-state index is 11.9. The van der Waals surface area contributed by atoms with Crippen LogP contribution < -0.4 is 14.9 Å². The van der Waals surface area contributed by atoms with Gasteiger partial charge in [0.25, 0.3) is 0 Å². The van der Waals surface area contributed by atoms with Crippen molar-refractivity contribution in [2.24, 2.45) is 7.05 Å². The molecule has 0 atom stereocenters. The van der Waals surface area contributed by atoms with Gasteiger partial charge < -0.3 is 9.88 Å². The third kappa shape index (κ3) is 4.79. The molecule has 0 fully saturated rings. The summed E-state index contributed by atoms with van der Waals surface area (Å²) in [4.78, 5) is 21.3. The van der Waals surface area contributed by atoms with E-state index in [4.69, 9.17) is 0 Å². The van der Waals surface area contributed by atoms with Crippen molar-refractivity contribution in [3.05, 3.63) is 57.5 Å². The second-order valence-electron chi connectivity index (χ2n) is 6.03. The van der Waals surface area contributed by atoms with E-state index in [1.165, 1.54) is 0 Å². The van der Waals surface area contributed by atoms with Gasteiger partial charge in [0.15, 0.2) is 0 Å². The van der Waals surface area contributed by atoms with Gasteiger partial charge in [-0.05, 0) is 30.7 Å². The first-order valence-electron chi connectivity index (χ1n) is 8.03. The highest BCUT2D eigenvalue weighted by Crippen LogP contribution is 2.25. The Morgan fingerprint density at radius 2 is 2.04 bits per heavy atom. The van der Waals surface area contributed by atoms with Crippen LogP contribution in [0, 0.1) is 6.92 Å². The second-order valence-corrected chi connectivity index (χ2v) is 8.82. The van der Waals surface area contributed by atoms with Crippen molar-refractivity contribution in [1.82, 2.24) is 19.3 Å². The topological polar surface area (TPSA) is 106 Å². The van der Waals surface area contributed by atoms with Gasteiger partial charge in [0.1, 0.15) is 0 Å². The molecule has 0 aliphatic carbocycles. The molecule has 27 heavy (non-hydrogen) atoms. The molecule has 2 N–H and O–H groups in total. The van der Waals surface area contributed by atoms with Gasteiger partial charge in [-0.2, -0.15) is 0 Å². The summed E-state index contributed by atoms with van der Waals surface area (Å²) in [7, 11) is -1.53. The lowest BCUT2D eigenvalue weighted by atomic mass is 10.2. The molecule has 0 unspecified atom stereocenters. The number of sulfonamides is 1. The Kier molecular flexibility index (Phi) is 5.40. The van der Waals surface area contributed by atoms with Gasteiger partial charge in [0.2, 0.25) is 16.0 Å². The minimum absolute atomic E-state index is 0.0401. The molecule has 0 saturated heterocycles. The zero-order valence-corrected chi connectivity index (χ0v) is 16.7. The van der Waals surface area contributed by atoms with Crippen molar-refractivity contribution in [2.75, 3.05) is 11.6 Å². The zero-order valence-electron chi connectivity index (χ0n) is 15.1. The Morgan fingerprint density at radius 1 is 1.26 bits per heavy atom. The fourth-order valence-corrected chi connectivity index (χ4v) is 3.78. The average molecular weight is 406 g/mol. The van der Waals surface area contributed by atoms with Crippen LogP contribution in [0.1, 0.15) is 11.3 Å². The maximum atomic E-state index is 11.9. The van der Waals surface area contributed by atoms with Gasteiger partial charge in [-0.3, -0.25) is 4.79 Å². The van der Waals surface area contributed by atoms with E-state index < -0.39 is 10.0 Å². The van der Waals surface area contributed by atoms with E-state index >= 15 is 0 Å². The SMILES string of the molecule is Cc1c(-c2ccnc(Nc3cccc(CNS(C)(=O)=O)c3)n2)sc(=O)n1C. The largest absolute Gasteiger partial charge is 0.324 e. The van der Waals surface area contributed by atoms with Gasteiger partial charge in [-0.1, -0.05) is 23.5 Å². The highest BCUT2D eigenvalue weighted by molar-refractivity contribution is 7.88. The van der Waals surface area contributed by atoms with E-state index in [2.05, 4.69) is 20.0 Å². The van der Waals surface area contributed by atoms with Gasteiger partial charge in [-0.15, -0.1) is 0 Å². The predicted octanol–water partition coefficient (Wildman–Crippen LogP) is 2.01. The number of nitrogens with zero attached hydrogens (tertiary/aromatic N) is 3. The van der Waals surface area contributed by atoms with Crippen molar-refractivity contribution in [3.63, 3.8) is 0 Å². The highest BCUT2D eigenvalue weighted by Gasteiger charge is 2.12. The molecule has 0 saturated carbocycles. The molecule has 0 amide bonds. The summed E-state index contributed by atoms with van der Waals surface area (Å²) in [6.45, 7) is 2.08. The summed E-state index contributed by atoms with van der Waals surface area (Å²) >= 11 is 1.14. The van der Waals surface area contributed by atoms with Crippen LogP contribution >= 0.6 is 11.3 Å². The van der Waals surface area contributed by atoms with E-state index in [0.717, 1.165) is 39.4 Å². The van der Waals surface area contributed by atoms with Crippen LogP contribution in [-0.4, -0.2) is 29.2 Å². The monoisotopic (exact) mass is 405 g/mol. The lowest BCUT2D eigenvalue weighted by molar-refractivity contribution is 0.587. The van der Waals surface area contributed by atoms with Crippen molar-refractivity contribution >= 4 is 33.0 Å². The van der Waals surface area contributed by atoms with Crippen LogP contribution in [0.4, 0.5) is 11.6 Å². The molecule has 3 aromatic rings. The van der Waals surface area contributed by atoms with E-state index in [1.807, 2.05) is 31.2 Å². The van der Waals surface area contributed by atoms with E-state index in [1.54, 1.807) is 23.9 Å². The van der Waals surface area contributed by atoms with Crippen LogP contribution in [0.25, 0.3) is 10.6 Å². The first kappa shape index (κ1) is 19.2. The number of aromatic nitrogens is 3. The second kappa shape index (κ2) is 7.59. The molecule has 0 bridgehead atoms. The number of nitrogens with one attached hydrogen (secondary N) is 2. The normalized spacial score (nSPS) is 11.5. The fraction of sp³-hybridized carbons (Fsp3) is 0.235. The fourth-order valence-electron chi connectivity index (χ4n) is 2.40. The summed E-state index contributed by atoms with van der Waals surface area (Å²) in [5.41, 5.74) is 3.06. The van der Waals surface area contributed by atoms with E-state index in [0.29, 0.717) is 11.6 Å². The minimum Gasteiger partial charge on any atom is -0.324 e. The molecule has 2 aromatic heterocycles. The van der Waals surface area contributed by atoms with E-state index in [9.17, 15) is 13.2 Å². The Labute approximate surface area is 161 Å². The van der Waals surface area contributed by atoms with Crippen molar-refractivity contribution < 1.29 is 8.42 Å². The standard InChI is InChI=1S/C17H19N5O3S2/c1-11-15(26-17(23)22(11)2)14-7-8-18-16(21-14)20-13-6-4-5-12(9-13)10-19-27(3,24)25/h4-9,19H,10H2,1-3H3,(H,18,20,21). The number of hydrogen-bond donors (Lipinski definition) is 2. The van der Waals surface area contributed by atoms with Crippen LogP contribution in [0.2, 0.25) is 0 Å². The van der Waals surface area contributed by atoms with Crippen LogP contribution in [0.5, 0.6) is 0 Å². The van der Waals surface area contributed by atoms with Crippen LogP contribution in [-0.2, 0) is 23.6 Å². The minimum atomic E-state index is -3.26. The highest BCUT2D eigenvalue weighted by atomic mass is 32.2. The van der Waals surface area contributed by atoms with Gasteiger partial charge in [0, 0.05) is 31.2 Å². The van der Waals surface area contributed by atoms with Gasteiger partial charge in [-0.25, -0.2) is 23.1 Å². The third-order valence-corrected chi connectivity index (χ3v) is 5.73. The quantitative estimate of drug-likeness (QED) is 0.650. The molecule has 3 rings (SSSR count). The molecular weight excluding hydrogens is 386 g/mol. The molecule has 142 valence electrons. The zero-order chi connectivity index (χ0) is 19.6. The first-order chi connectivity index (χ1) is 12.7. The van der Waals surface area contributed by atoms with Gasteiger partial charge in [0.05, 0.1) is 16.8 Å². The Bertz CT molecular complexity index is 1140. The van der Waals surface area contributed by atoms with Crippen molar-refractivity contribution in [1.29, 1.82) is 0 Å². The van der Waals surface area contributed by atoms with Gasteiger partial charge >= 0.3 is 4.87 Å². The van der Waals surface area contributed by atoms with Crippen LogP contribution in [0.15, 0.2) is 41.3 Å². The number of rotatable bonds is 6.